The van der Waals surface area contributed by atoms with E-state index in [0.717, 1.165) is 6.54 Å². The van der Waals surface area contributed by atoms with Crippen molar-refractivity contribution in [3.8, 4) is 0 Å². The van der Waals surface area contributed by atoms with Gasteiger partial charge in [-0.1, -0.05) is 42.5 Å². The van der Waals surface area contributed by atoms with Gasteiger partial charge in [-0.2, -0.15) is 0 Å². The minimum absolute atomic E-state index is 0.364. The first-order valence-electron chi connectivity index (χ1n) is 6.15. The molecule has 0 amide bonds. The summed E-state index contributed by atoms with van der Waals surface area (Å²) in [5, 5.41) is 15.3. The molecule has 2 aromatic rings. The number of nitrogens with one attached hydrogen (secondary N) is 1. The monoisotopic (exact) mass is 245 g/mol. The first kappa shape index (κ1) is 13.0. The van der Waals surface area contributed by atoms with E-state index >= 15 is 0 Å². The summed E-state index contributed by atoms with van der Waals surface area (Å²) in [6.45, 7) is 1.65. The summed E-state index contributed by atoms with van der Waals surface area (Å²) >= 11 is 0. The molecule has 0 spiro atoms. The van der Waals surface area contributed by atoms with Crippen LogP contribution in [0.3, 0.4) is 0 Å². The Morgan fingerprint density at radius 3 is 2.78 bits per heavy atom. The Hall–Kier alpha value is -1.42. The van der Waals surface area contributed by atoms with Crippen LogP contribution in [-0.2, 0) is 11.3 Å². The predicted molar refractivity (Wildman–Crippen MR) is 73.5 cm³/mol. The third-order valence-corrected chi connectivity index (χ3v) is 2.93. The van der Waals surface area contributed by atoms with Crippen LogP contribution in [0.25, 0.3) is 10.8 Å². The molecule has 0 aromatic heterocycles. The maximum absolute atomic E-state index is 9.55. The van der Waals surface area contributed by atoms with Gasteiger partial charge in [-0.15, -0.1) is 0 Å². The van der Waals surface area contributed by atoms with Crippen molar-refractivity contribution in [3.05, 3.63) is 48.0 Å². The number of benzene rings is 2. The van der Waals surface area contributed by atoms with Crippen LogP contribution >= 0.6 is 0 Å². The lowest BCUT2D eigenvalue weighted by Crippen LogP contribution is -2.29. The number of methoxy groups -OCH3 is 1. The van der Waals surface area contributed by atoms with E-state index in [9.17, 15) is 5.11 Å². The van der Waals surface area contributed by atoms with E-state index in [1.165, 1.54) is 16.3 Å². The Balaban J connectivity index is 1.99. The molecule has 1 atom stereocenters. The highest BCUT2D eigenvalue weighted by Gasteiger charge is 2.04. The van der Waals surface area contributed by atoms with E-state index in [4.69, 9.17) is 4.74 Å². The van der Waals surface area contributed by atoms with Gasteiger partial charge >= 0.3 is 0 Å². The summed E-state index contributed by atoms with van der Waals surface area (Å²) in [5.74, 6) is 0. The lowest BCUT2D eigenvalue weighted by molar-refractivity contribution is 0.0644. The van der Waals surface area contributed by atoms with E-state index < -0.39 is 6.10 Å². The third kappa shape index (κ3) is 3.29. The zero-order chi connectivity index (χ0) is 12.8. The summed E-state index contributed by atoms with van der Waals surface area (Å²) in [6, 6.07) is 14.6. The van der Waals surface area contributed by atoms with Crippen molar-refractivity contribution in [1.82, 2.24) is 5.32 Å². The van der Waals surface area contributed by atoms with Crippen molar-refractivity contribution in [3.63, 3.8) is 0 Å². The molecule has 2 N–H and O–H groups in total. The lowest BCUT2D eigenvalue weighted by Gasteiger charge is -2.12. The number of hydrogen-bond acceptors (Lipinski definition) is 3. The van der Waals surface area contributed by atoms with E-state index in [1.54, 1.807) is 7.11 Å². The van der Waals surface area contributed by atoms with Gasteiger partial charge < -0.3 is 15.2 Å². The Bertz CT molecular complexity index is 493. The first-order valence-corrected chi connectivity index (χ1v) is 6.15. The topological polar surface area (TPSA) is 41.5 Å². The number of aliphatic hydroxyl groups excluding tert-OH is 1. The maximum atomic E-state index is 9.55. The molecule has 0 radical (unpaired) electrons. The molecular weight excluding hydrogens is 226 g/mol. The summed E-state index contributed by atoms with van der Waals surface area (Å²) in [4.78, 5) is 0. The Morgan fingerprint density at radius 1 is 1.17 bits per heavy atom. The normalized spacial score (nSPS) is 12.8. The molecule has 2 aromatic carbocycles. The molecule has 3 heteroatoms. The molecule has 0 saturated carbocycles. The Labute approximate surface area is 107 Å². The fourth-order valence-corrected chi connectivity index (χ4v) is 2.07. The van der Waals surface area contributed by atoms with Crippen LogP contribution in [0, 0.1) is 0 Å². The zero-order valence-corrected chi connectivity index (χ0v) is 10.6. The average Bonchev–Trinajstić information content (AvgIpc) is 2.39. The van der Waals surface area contributed by atoms with Crippen LogP contribution in [0.2, 0.25) is 0 Å². The summed E-state index contributed by atoms with van der Waals surface area (Å²) in [6.07, 6.45) is -0.454. The summed E-state index contributed by atoms with van der Waals surface area (Å²) in [5.41, 5.74) is 1.25. The van der Waals surface area contributed by atoms with E-state index in [-0.39, 0.29) is 0 Å². The predicted octanol–water partition coefficient (Wildman–Crippen LogP) is 1.94. The molecule has 0 heterocycles. The van der Waals surface area contributed by atoms with Gasteiger partial charge in [0.2, 0.25) is 0 Å². The fourth-order valence-electron chi connectivity index (χ4n) is 2.07. The van der Waals surface area contributed by atoms with Crippen molar-refractivity contribution in [1.29, 1.82) is 0 Å². The summed E-state index contributed by atoms with van der Waals surface area (Å²) < 4.78 is 4.89. The molecule has 2 rings (SSSR count). The average molecular weight is 245 g/mol. The molecule has 0 fully saturated rings. The first-order chi connectivity index (χ1) is 8.81. The highest BCUT2D eigenvalue weighted by atomic mass is 16.5. The standard InChI is InChI=1S/C15H19NO2/c1-18-11-14(17)10-16-9-13-7-4-6-12-5-2-3-8-15(12)13/h2-8,14,16-17H,9-11H2,1H3. The molecule has 0 aliphatic heterocycles. The second-order valence-electron chi connectivity index (χ2n) is 4.38. The minimum atomic E-state index is -0.454. The highest BCUT2D eigenvalue weighted by Crippen LogP contribution is 2.18. The van der Waals surface area contributed by atoms with Crippen molar-refractivity contribution in [2.45, 2.75) is 12.6 Å². The van der Waals surface area contributed by atoms with Gasteiger partial charge in [-0.25, -0.2) is 0 Å². The van der Waals surface area contributed by atoms with Gasteiger partial charge in [-0.3, -0.25) is 0 Å². The zero-order valence-electron chi connectivity index (χ0n) is 10.6. The van der Waals surface area contributed by atoms with E-state index in [1.807, 2.05) is 12.1 Å². The fraction of sp³-hybridized carbons (Fsp3) is 0.333. The van der Waals surface area contributed by atoms with Crippen LogP contribution in [0.1, 0.15) is 5.56 Å². The van der Waals surface area contributed by atoms with Gasteiger partial charge in [0, 0.05) is 20.2 Å². The SMILES string of the molecule is COCC(O)CNCc1cccc2ccccc12. The van der Waals surface area contributed by atoms with Gasteiger partial charge in [0.1, 0.15) is 0 Å². The highest BCUT2D eigenvalue weighted by molar-refractivity contribution is 5.85. The maximum Gasteiger partial charge on any atom is 0.0897 e. The van der Waals surface area contributed by atoms with E-state index in [2.05, 4.69) is 35.6 Å². The Morgan fingerprint density at radius 2 is 1.94 bits per heavy atom. The number of hydrogen-bond donors (Lipinski definition) is 2. The molecule has 0 aliphatic rings. The minimum Gasteiger partial charge on any atom is -0.389 e. The molecule has 3 nitrogen and oxygen atoms in total. The van der Waals surface area contributed by atoms with Crippen LogP contribution in [0.15, 0.2) is 42.5 Å². The largest absolute Gasteiger partial charge is 0.389 e. The molecule has 0 saturated heterocycles. The number of rotatable bonds is 6. The van der Waals surface area contributed by atoms with Crippen molar-refractivity contribution >= 4 is 10.8 Å². The van der Waals surface area contributed by atoms with Gasteiger partial charge in [0.25, 0.3) is 0 Å². The molecule has 0 aliphatic carbocycles. The Kier molecular flexibility index (Phi) is 4.70. The van der Waals surface area contributed by atoms with E-state index in [0.29, 0.717) is 13.2 Å². The molecular formula is C15H19NO2. The number of fused-ring (bicyclic) bond motifs is 1. The second kappa shape index (κ2) is 6.50. The number of aliphatic hydroxyl groups is 1. The second-order valence-corrected chi connectivity index (χ2v) is 4.38. The van der Waals surface area contributed by atoms with Crippen molar-refractivity contribution in [2.24, 2.45) is 0 Å². The van der Waals surface area contributed by atoms with Crippen molar-refractivity contribution < 1.29 is 9.84 Å². The summed E-state index contributed by atoms with van der Waals surface area (Å²) in [7, 11) is 1.59. The van der Waals surface area contributed by atoms with Crippen LogP contribution < -0.4 is 5.32 Å². The quantitative estimate of drug-likeness (QED) is 0.817. The third-order valence-electron chi connectivity index (χ3n) is 2.93. The smallest absolute Gasteiger partial charge is 0.0897 e. The molecule has 0 bridgehead atoms. The van der Waals surface area contributed by atoms with Crippen LogP contribution in [0.4, 0.5) is 0 Å². The van der Waals surface area contributed by atoms with Crippen LogP contribution in [-0.4, -0.2) is 31.5 Å². The van der Waals surface area contributed by atoms with Crippen LogP contribution in [0.5, 0.6) is 0 Å². The number of ether oxygens (including phenoxy) is 1. The molecule has 1 unspecified atom stereocenters. The molecule has 18 heavy (non-hydrogen) atoms. The van der Waals surface area contributed by atoms with Crippen molar-refractivity contribution in [2.75, 3.05) is 20.3 Å². The van der Waals surface area contributed by atoms with Gasteiger partial charge in [0.05, 0.1) is 12.7 Å². The van der Waals surface area contributed by atoms with Gasteiger partial charge in [-0.05, 0) is 16.3 Å². The molecule has 96 valence electrons. The lowest BCUT2D eigenvalue weighted by atomic mass is 10.0. The van der Waals surface area contributed by atoms with Gasteiger partial charge in [0.15, 0.2) is 0 Å².